The molecule has 128 valence electrons. The Balaban J connectivity index is 1.34. The van der Waals surface area contributed by atoms with Gasteiger partial charge in [0, 0.05) is 37.4 Å². The number of aromatic amines is 2. The Morgan fingerprint density at radius 3 is 2.56 bits per heavy atom. The Hall–Kier alpha value is -2.79. The molecule has 1 atom stereocenters. The van der Waals surface area contributed by atoms with Crippen molar-refractivity contribution in [3.05, 3.63) is 76.6 Å². The summed E-state index contributed by atoms with van der Waals surface area (Å²) in [6.07, 6.45) is 1.15. The molecule has 3 N–H and O–H groups in total. The van der Waals surface area contributed by atoms with Gasteiger partial charge < -0.3 is 5.32 Å². The van der Waals surface area contributed by atoms with Crippen molar-refractivity contribution >= 4 is 5.69 Å². The summed E-state index contributed by atoms with van der Waals surface area (Å²) < 4.78 is 0. The number of aromatic nitrogens is 2. The lowest BCUT2D eigenvalue weighted by atomic mass is 10.1. The molecule has 0 amide bonds. The molecule has 1 saturated heterocycles. The quantitative estimate of drug-likeness (QED) is 0.672. The summed E-state index contributed by atoms with van der Waals surface area (Å²) in [4.78, 5) is 13.7. The Bertz CT molecular complexity index is 866. The lowest BCUT2D eigenvalue weighted by Crippen LogP contribution is -2.25. The van der Waals surface area contributed by atoms with Gasteiger partial charge in [-0.1, -0.05) is 42.5 Å². The molecule has 5 heteroatoms. The fraction of sp³-hybridized carbons (Fsp3) is 0.250. The molecule has 0 saturated carbocycles. The number of nitrogens with zero attached hydrogens (tertiary/aromatic N) is 1. The van der Waals surface area contributed by atoms with Crippen molar-refractivity contribution in [2.45, 2.75) is 19.0 Å². The molecule has 4 rings (SSSR count). The maximum absolute atomic E-state index is 11.2. The van der Waals surface area contributed by atoms with E-state index in [0.29, 0.717) is 6.04 Å². The molecule has 2 aromatic carbocycles. The molecule has 1 aliphatic heterocycles. The SMILES string of the molecule is O=c1cc(-c2ccc(NC3CCN(Cc4ccccc4)C3)cc2)[nH][nH]1. The molecular weight excluding hydrogens is 312 g/mol. The van der Waals surface area contributed by atoms with E-state index in [9.17, 15) is 4.79 Å². The zero-order chi connectivity index (χ0) is 17.1. The molecule has 1 aromatic heterocycles. The zero-order valence-electron chi connectivity index (χ0n) is 14.0. The van der Waals surface area contributed by atoms with Crippen molar-refractivity contribution in [3.63, 3.8) is 0 Å². The van der Waals surface area contributed by atoms with Gasteiger partial charge in [-0.15, -0.1) is 0 Å². The van der Waals surface area contributed by atoms with E-state index in [1.54, 1.807) is 6.07 Å². The second-order valence-electron chi connectivity index (χ2n) is 6.60. The Labute approximate surface area is 146 Å². The predicted octanol–water partition coefficient (Wildman–Crippen LogP) is 3.06. The minimum atomic E-state index is -0.110. The summed E-state index contributed by atoms with van der Waals surface area (Å²) in [5, 5.41) is 9.06. The van der Waals surface area contributed by atoms with Crippen molar-refractivity contribution in [3.8, 4) is 11.3 Å². The minimum Gasteiger partial charge on any atom is -0.381 e. The van der Waals surface area contributed by atoms with Crippen LogP contribution in [0.2, 0.25) is 0 Å². The predicted molar refractivity (Wildman–Crippen MR) is 101 cm³/mol. The van der Waals surface area contributed by atoms with Crippen LogP contribution in [0.4, 0.5) is 5.69 Å². The van der Waals surface area contributed by atoms with Gasteiger partial charge in [0.1, 0.15) is 0 Å². The van der Waals surface area contributed by atoms with E-state index in [1.165, 1.54) is 5.56 Å². The summed E-state index contributed by atoms with van der Waals surface area (Å²) in [5.74, 6) is 0. The lowest BCUT2D eigenvalue weighted by molar-refractivity contribution is 0.328. The van der Waals surface area contributed by atoms with Gasteiger partial charge in [0.25, 0.3) is 5.56 Å². The minimum absolute atomic E-state index is 0.110. The van der Waals surface area contributed by atoms with Crippen LogP contribution in [0.1, 0.15) is 12.0 Å². The van der Waals surface area contributed by atoms with Crippen LogP contribution in [0.5, 0.6) is 0 Å². The first kappa shape index (κ1) is 15.7. The van der Waals surface area contributed by atoms with Crippen LogP contribution < -0.4 is 10.9 Å². The Morgan fingerprint density at radius 1 is 1.04 bits per heavy atom. The number of nitrogens with one attached hydrogen (secondary N) is 3. The smallest absolute Gasteiger partial charge is 0.264 e. The van der Waals surface area contributed by atoms with Crippen LogP contribution in [0.25, 0.3) is 11.3 Å². The molecule has 3 aromatic rings. The van der Waals surface area contributed by atoms with E-state index in [0.717, 1.165) is 43.0 Å². The monoisotopic (exact) mass is 334 g/mol. The van der Waals surface area contributed by atoms with E-state index < -0.39 is 0 Å². The van der Waals surface area contributed by atoms with Crippen LogP contribution in [-0.2, 0) is 6.54 Å². The third-order valence-electron chi connectivity index (χ3n) is 4.68. The van der Waals surface area contributed by atoms with Gasteiger partial charge in [-0.3, -0.25) is 19.9 Å². The fourth-order valence-electron chi connectivity index (χ4n) is 3.41. The highest BCUT2D eigenvalue weighted by molar-refractivity contribution is 5.62. The number of hydrogen-bond donors (Lipinski definition) is 3. The molecule has 1 aliphatic rings. The lowest BCUT2D eigenvalue weighted by Gasteiger charge is -2.17. The van der Waals surface area contributed by atoms with Gasteiger partial charge in [0.15, 0.2) is 0 Å². The second kappa shape index (κ2) is 6.99. The molecule has 1 fully saturated rings. The number of hydrogen-bond acceptors (Lipinski definition) is 3. The second-order valence-corrected chi connectivity index (χ2v) is 6.60. The summed E-state index contributed by atoms with van der Waals surface area (Å²) in [6, 6.07) is 20.9. The highest BCUT2D eigenvalue weighted by Gasteiger charge is 2.22. The Kier molecular flexibility index (Phi) is 4.39. The summed E-state index contributed by atoms with van der Waals surface area (Å²) in [5.41, 5.74) is 4.19. The van der Waals surface area contributed by atoms with Crippen LogP contribution in [0, 0.1) is 0 Å². The van der Waals surface area contributed by atoms with Gasteiger partial charge in [0.2, 0.25) is 0 Å². The topological polar surface area (TPSA) is 63.9 Å². The van der Waals surface area contributed by atoms with E-state index in [1.807, 2.05) is 12.1 Å². The van der Waals surface area contributed by atoms with E-state index in [2.05, 4.69) is 62.9 Å². The van der Waals surface area contributed by atoms with Crippen LogP contribution in [0.3, 0.4) is 0 Å². The van der Waals surface area contributed by atoms with Gasteiger partial charge in [0.05, 0.1) is 5.69 Å². The number of anilines is 1. The summed E-state index contributed by atoms with van der Waals surface area (Å²) in [6.45, 7) is 3.19. The number of likely N-dealkylation sites (tertiary alicyclic amines) is 1. The number of H-pyrrole nitrogens is 2. The molecule has 1 unspecified atom stereocenters. The molecule has 0 spiro atoms. The van der Waals surface area contributed by atoms with Crippen LogP contribution >= 0.6 is 0 Å². The van der Waals surface area contributed by atoms with E-state index in [4.69, 9.17) is 0 Å². The van der Waals surface area contributed by atoms with Gasteiger partial charge >= 0.3 is 0 Å². The first-order valence-electron chi connectivity index (χ1n) is 8.67. The highest BCUT2D eigenvalue weighted by atomic mass is 16.1. The largest absolute Gasteiger partial charge is 0.381 e. The van der Waals surface area contributed by atoms with E-state index >= 15 is 0 Å². The standard InChI is InChI=1S/C20H22N4O/c25-20-12-19(22-23-20)16-6-8-17(9-7-16)21-18-10-11-24(14-18)13-15-4-2-1-3-5-15/h1-9,12,18,21H,10-11,13-14H2,(H2,22,23,25). The molecule has 5 nitrogen and oxygen atoms in total. The van der Waals surface area contributed by atoms with Crippen LogP contribution in [0.15, 0.2) is 65.5 Å². The summed E-state index contributed by atoms with van der Waals surface area (Å²) in [7, 11) is 0. The first-order chi connectivity index (χ1) is 12.3. The highest BCUT2D eigenvalue weighted by Crippen LogP contribution is 2.21. The Morgan fingerprint density at radius 2 is 1.84 bits per heavy atom. The molecular formula is C20H22N4O. The molecule has 0 aliphatic carbocycles. The van der Waals surface area contributed by atoms with Crippen molar-refractivity contribution in [2.24, 2.45) is 0 Å². The molecule has 0 bridgehead atoms. The third-order valence-corrected chi connectivity index (χ3v) is 4.68. The molecule has 0 radical (unpaired) electrons. The maximum atomic E-state index is 11.2. The van der Waals surface area contributed by atoms with Gasteiger partial charge in [-0.05, 0) is 29.7 Å². The van der Waals surface area contributed by atoms with Gasteiger partial charge in [-0.2, -0.15) is 0 Å². The van der Waals surface area contributed by atoms with Crippen molar-refractivity contribution in [2.75, 3.05) is 18.4 Å². The first-order valence-corrected chi connectivity index (χ1v) is 8.67. The number of rotatable bonds is 5. The zero-order valence-corrected chi connectivity index (χ0v) is 14.0. The maximum Gasteiger partial charge on any atom is 0.264 e. The van der Waals surface area contributed by atoms with Crippen molar-refractivity contribution in [1.82, 2.24) is 15.1 Å². The fourth-order valence-corrected chi connectivity index (χ4v) is 3.41. The van der Waals surface area contributed by atoms with Crippen LogP contribution in [-0.4, -0.2) is 34.2 Å². The molecule has 2 heterocycles. The normalized spacial score (nSPS) is 17.7. The van der Waals surface area contributed by atoms with Crippen molar-refractivity contribution < 1.29 is 0 Å². The average molecular weight is 334 g/mol. The van der Waals surface area contributed by atoms with E-state index in [-0.39, 0.29) is 5.56 Å². The third kappa shape index (κ3) is 3.83. The number of benzene rings is 2. The van der Waals surface area contributed by atoms with Gasteiger partial charge in [-0.25, -0.2) is 0 Å². The summed E-state index contributed by atoms with van der Waals surface area (Å²) >= 11 is 0. The molecule has 25 heavy (non-hydrogen) atoms. The average Bonchev–Trinajstić information content (AvgIpc) is 3.26. The van der Waals surface area contributed by atoms with Crippen molar-refractivity contribution in [1.29, 1.82) is 0 Å².